The zero-order chi connectivity index (χ0) is 18.1. The Morgan fingerprint density at radius 2 is 1.54 bits per heavy atom. The second kappa shape index (κ2) is 6.40. The third-order valence-electron chi connectivity index (χ3n) is 3.15. The van der Waals surface area contributed by atoms with Gasteiger partial charge in [-0.15, -0.1) is 0 Å². The molecule has 0 atom stereocenters. The molecule has 0 saturated heterocycles. The number of rotatable bonds is 5. The van der Waals surface area contributed by atoms with E-state index < -0.39 is 25.9 Å². The Hall–Kier alpha value is -2.13. The van der Waals surface area contributed by atoms with E-state index >= 15 is 0 Å². The van der Waals surface area contributed by atoms with E-state index in [-0.39, 0.29) is 16.3 Å². The SMILES string of the molecule is Cc1ccc(C)c(S(=O)(=O)Nc2cc(F)ccc2NS(C)(=O)=O)c1. The number of hydrogen-bond donors (Lipinski definition) is 2. The van der Waals surface area contributed by atoms with Crippen molar-refractivity contribution < 1.29 is 21.2 Å². The first-order valence-electron chi connectivity index (χ1n) is 6.85. The van der Waals surface area contributed by atoms with Gasteiger partial charge in [-0.3, -0.25) is 9.44 Å². The van der Waals surface area contributed by atoms with Crippen LogP contribution in [0, 0.1) is 19.7 Å². The van der Waals surface area contributed by atoms with E-state index in [0.717, 1.165) is 30.0 Å². The van der Waals surface area contributed by atoms with Crippen LogP contribution in [0.3, 0.4) is 0 Å². The van der Waals surface area contributed by atoms with Gasteiger partial charge in [0.1, 0.15) is 5.82 Å². The molecule has 0 fully saturated rings. The lowest BCUT2D eigenvalue weighted by Gasteiger charge is -2.15. The minimum atomic E-state index is -4.01. The molecule has 0 spiro atoms. The van der Waals surface area contributed by atoms with E-state index in [4.69, 9.17) is 0 Å². The van der Waals surface area contributed by atoms with Crippen molar-refractivity contribution in [1.29, 1.82) is 0 Å². The van der Waals surface area contributed by atoms with Crippen LogP contribution < -0.4 is 9.44 Å². The highest BCUT2D eigenvalue weighted by Crippen LogP contribution is 2.27. The lowest BCUT2D eigenvalue weighted by molar-refractivity contribution is 0.599. The van der Waals surface area contributed by atoms with Gasteiger partial charge in [-0.2, -0.15) is 0 Å². The molecular formula is C15H17FN2O4S2. The molecule has 2 rings (SSSR count). The van der Waals surface area contributed by atoms with Crippen LogP contribution in [-0.2, 0) is 20.0 Å². The highest BCUT2D eigenvalue weighted by atomic mass is 32.2. The van der Waals surface area contributed by atoms with Gasteiger partial charge in [0, 0.05) is 6.07 Å². The molecule has 0 radical (unpaired) electrons. The molecular weight excluding hydrogens is 355 g/mol. The normalized spacial score (nSPS) is 12.0. The monoisotopic (exact) mass is 372 g/mol. The van der Waals surface area contributed by atoms with Crippen LogP contribution in [0.5, 0.6) is 0 Å². The maximum Gasteiger partial charge on any atom is 0.262 e. The van der Waals surface area contributed by atoms with Crippen LogP contribution in [0.25, 0.3) is 0 Å². The minimum absolute atomic E-state index is 0.0390. The lowest BCUT2D eigenvalue weighted by Crippen LogP contribution is -2.17. The van der Waals surface area contributed by atoms with E-state index in [2.05, 4.69) is 9.44 Å². The third-order valence-corrected chi connectivity index (χ3v) is 5.25. The molecule has 0 aromatic heterocycles. The average Bonchev–Trinajstić information content (AvgIpc) is 2.43. The molecule has 0 bridgehead atoms. The van der Waals surface area contributed by atoms with Gasteiger partial charge in [0.2, 0.25) is 10.0 Å². The molecule has 0 unspecified atom stereocenters. The van der Waals surface area contributed by atoms with Crippen molar-refractivity contribution in [1.82, 2.24) is 0 Å². The molecule has 130 valence electrons. The molecule has 2 aromatic rings. The predicted molar refractivity (Wildman–Crippen MR) is 91.6 cm³/mol. The second-order valence-corrected chi connectivity index (χ2v) is 8.84. The summed E-state index contributed by atoms with van der Waals surface area (Å²) in [5.41, 5.74) is 1.01. The summed E-state index contributed by atoms with van der Waals surface area (Å²) in [6.07, 6.45) is 0.916. The van der Waals surface area contributed by atoms with E-state index in [9.17, 15) is 21.2 Å². The van der Waals surface area contributed by atoms with Gasteiger partial charge in [-0.1, -0.05) is 12.1 Å². The van der Waals surface area contributed by atoms with Crippen LogP contribution in [0.2, 0.25) is 0 Å². The minimum Gasteiger partial charge on any atom is -0.282 e. The molecule has 2 aromatic carbocycles. The third kappa shape index (κ3) is 4.45. The molecule has 0 heterocycles. The number of halogens is 1. The van der Waals surface area contributed by atoms with E-state index in [1.165, 1.54) is 6.07 Å². The van der Waals surface area contributed by atoms with Crippen molar-refractivity contribution in [2.75, 3.05) is 15.7 Å². The summed E-state index contributed by atoms with van der Waals surface area (Å²) in [6, 6.07) is 8.01. The Kier molecular flexibility index (Phi) is 4.86. The largest absolute Gasteiger partial charge is 0.282 e. The maximum atomic E-state index is 13.5. The average molecular weight is 372 g/mol. The summed E-state index contributed by atoms with van der Waals surface area (Å²) in [5.74, 6) is -0.701. The summed E-state index contributed by atoms with van der Waals surface area (Å²) in [6.45, 7) is 3.38. The number of sulfonamides is 2. The maximum absolute atomic E-state index is 13.5. The highest BCUT2D eigenvalue weighted by Gasteiger charge is 2.20. The first-order chi connectivity index (χ1) is 11.0. The topological polar surface area (TPSA) is 92.3 Å². The number of aryl methyl sites for hydroxylation is 2. The van der Waals surface area contributed by atoms with Crippen molar-refractivity contribution in [2.24, 2.45) is 0 Å². The molecule has 9 heteroatoms. The summed E-state index contributed by atoms with van der Waals surface area (Å²) in [5, 5.41) is 0. The first-order valence-corrected chi connectivity index (χ1v) is 10.2. The Balaban J connectivity index is 2.50. The quantitative estimate of drug-likeness (QED) is 0.844. The molecule has 0 aliphatic heterocycles. The molecule has 0 aliphatic rings. The number of benzene rings is 2. The van der Waals surface area contributed by atoms with Crippen molar-refractivity contribution in [2.45, 2.75) is 18.7 Å². The van der Waals surface area contributed by atoms with Gasteiger partial charge < -0.3 is 0 Å². The smallest absolute Gasteiger partial charge is 0.262 e. The van der Waals surface area contributed by atoms with Gasteiger partial charge in [0.15, 0.2) is 0 Å². The standard InChI is InChI=1S/C15H17FN2O4S2/c1-10-4-5-11(2)15(8-10)24(21,22)18-14-9-12(16)6-7-13(14)17-23(3,19)20/h4-9,17-18H,1-3H3. The first kappa shape index (κ1) is 18.2. The summed E-state index contributed by atoms with van der Waals surface area (Å²) >= 11 is 0. The van der Waals surface area contributed by atoms with Crippen molar-refractivity contribution >= 4 is 31.4 Å². The van der Waals surface area contributed by atoms with Crippen LogP contribution in [0.4, 0.5) is 15.8 Å². The lowest BCUT2D eigenvalue weighted by atomic mass is 10.2. The molecule has 24 heavy (non-hydrogen) atoms. The fraction of sp³-hybridized carbons (Fsp3) is 0.200. The summed E-state index contributed by atoms with van der Waals surface area (Å²) < 4.78 is 65.9. The van der Waals surface area contributed by atoms with E-state index in [0.29, 0.717) is 5.56 Å². The summed E-state index contributed by atoms with van der Waals surface area (Å²) in [4.78, 5) is 0.0390. The number of anilines is 2. The van der Waals surface area contributed by atoms with Crippen LogP contribution >= 0.6 is 0 Å². The van der Waals surface area contributed by atoms with Crippen LogP contribution in [-0.4, -0.2) is 23.1 Å². The van der Waals surface area contributed by atoms with Gasteiger partial charge in [0.25, 0.3) is 10.0 Å². The number of hydrogen-bond acceptors (Lipinski definition) is 4. The fourth-order valence-electron chi connectivity index (χ4n) is 2.09. The second-order valence-electron chi connectivity index (χ2n) is 5.44. The predicted octanol–water partition coefficient (Wildman–Crippen LogP) is 2.61. The molecule has 6 nitrogen and oxygen atoms in total. The summed E-state index contributed by atoms with van der Waals surface area (Å²) in [7, 11) is -7.67. The molecule has 0 saturated carbocycles. The van der Waals surface area contributed by atoms with Crippen LogP contribution in [0.15, 0.2) is 41.3 Å². The Morgan fingerprint density at radius 3 is 2.17 bits per heavy atom. The van der Waals surface area contributed by atoms with Gasteiger partial charge in [0.05, 0.1) is 22.5 Å². The van der Waals surface area contributed by atoms with Crippen LogP contribution in [0.1, 0.15) is 11.1 Å². The zero-order valence-corrected chi connectivity index (χ0v) is 14.9. The van der Waals surface area contributed by atoms with Crippen molar-refractivity contribution in [3.63, 3.8) is 0 Å². The fourth-order valence-corrected chi connectivity index (χ4v) is 4.06. The number of nitrogens with one attached hydrogen (secondary N) is 2. The molecule has 0 amide bonds. The molecule has 0 aliphatic carbocycles. The van der Waals surface area contributed by atoms with Crippen molar-refractivity contribution in [3.8, 4) is 0 Å². The Morgan fingerprint density at radius 1 is 0.875 bits per heavy atom. The van der Waals surface area contributed by atoms with Gasteiger partial charge in [-0.25, -0.2) is 21.2 Å². The Bertz CT molecular complexity index is 987. The van der Waals surface area contributed by atoms with Gasteiger partial charge >= 0.3 is 0 Å². The van der Waals surface area contributed by atoms with E-state index in [1.807, 2.05) is 0 Å². The van der Waals surface area contributed by atoms with Gasteiger partial charge in [-0.05, 0) is 43.2 Å². The van der Waals surface area contributed by atoms with Crippen molar-refractivity contribution in [3.05, 3.63) is 53.3 Å². The van der Waals surface area contributed by atoms with E-state index in [1.54, 1.807) is 26.0 Å². The Labute approximate surface area is 140 Å². The molecule has 2 N–H and O–H groups in total. The highest BCUT2D eigenvalue weighted by molar-refractivity contribution is 7.93. The zero-order valence-electron chi connectivity index (χ0n) is 13.3.